The number of aromatic nitrogens is 2. The van der Waals surface area contributed by atoms with Gasteiger partial charge in [0, 0.05) is 0 Å². The lowest BCUT2D eigenvalue weighted by atomic mass is 10.0. The molecule has 0 radical (unpaired) electrons. The van der Waals surface area contributed by atoms with Crippen LogP contribution in [0.15, 0.2) is 42.5 Å². The Hall–Kier alpha value is -2.29. The van der Waals surface area contributed by atoms with Crippen LogP contribution in [-0.2, 0) is 0 Å². The molecule has 0 saturated heterocycles. The second-order valence-electron chi connectivity index (χ2n) is 6.08. The van der Waals surface area contributed by atoms with Gasteiger partial charge in [0.25, 0.3) is 0 Å². The Labute approximate surface area is 131 Å². The summed E-state index contributed by atoms with van der Waals surface area (Å²) >= 11 is 0. The van der Waals surface area contributed by atoms with Gasteiger partial charge >= 0.3 is 0 Å². The minimum Gasteiger partial charge on any atom is -0.483 e. The van der Waals surface area contributed by atoms with E-state index in [1.165, 1.54) is 11.1 Å². The minimum atomic E-state index is -0.114. The van der Waals surface area contributed by atoms with Crippen molar-refractivity contribution in [3.05, 3.63) is 59.4 Å². The van der Waals surface area contributed by atoms with Crippen LogP contribution in [-0.4, -0.2) is 9.97 Å². The van der Waals surface area contributed by atoms with Gasteiger partial charge in [-0.2, -0.15) is 0 Å². The summed E-state index contributed by atoms with van der Waals surface area (Å²) in [6, 6.07) is 14.5. The molecule has 0 aliphatic carbocycles. The number of fused-ring (bicyclic) bond motifs is 1. The zero-order valence-corrected chi connectivity index (χ0v) is 13.6. The van der Waals surface area contributed by atoms with Gasteiger partial charge in [-0.3, -0.25) is 0 Å². The predicted molar refractivity (Wildman–Crippen MR) is 90.4 cm³/mol. The van der Waals surface area contributed by atoms with Crippen molar-refractivity contribution in [2.45, 2.75) is 39.7 Å². The monoisotopic (exact) mass is 294 g/mol. The third-order valence-electron chi connectivity index (χ3n) is 3.98. The first-order chi connectivity index (χ1) is 10.5. The number of hydrogen-bond donors (Lipinski definition) is 1. The Morgan fingerprint density at radius 2 is 1.73 bits per heavy atom. The van der Waals surface area contributed by atoms with E-state index in [1.807, 2.05) is 31.2 Å². The van der Waals surface area contributed by atoms with Crippen LogP contribution in [0.5, 0.6) is 5.75 Å². The summed E-state index contributed by atoms with van der Waals surface area (Å²) in [6.07, 6.45) is -0.114. The fraction of sp³-hybridized carbons (Fsp3) is 0.316. The summed E-state index contributed by atoms with van der Waals surface area (Å²) in [5, 5.41) is 0. The van der Waals surface area contributed by atoms with E-state index >= 15 is 0 Å². The first-order valence-electron chi connectivity index (χ1n) is 7.76. The number of H-pyrrole nitrogens is 1. The van der Waals surface area contributed by atoms with Crippen LogP contribution in [0.1, 0.15) is 49.7 Å². The number of ether oxygens (including phenoxy) is 1. The van der Waals surface area contributed by atoms with Crippen LogP contribution in [0.3, 0.4) is 0 Å². The Kier molecular flexibility index (Phi) is 3.88. The lowest BCUT2D eigenvalue weighted by Crippen LogP contribution is -2.05. The molecule has 1 aromatic heterocycles. The Bertz CT molecular complexity index is 772. The smallest absolute Gasteiger partial charge is 0.153 e. The molecule has 22 heavy (non-hydrogen) atoms. The highest BCUT2D eigenvalue weighted by Crippen LogP contribution is 2.25. The number of nitrogens with one attached hydrogen (secondary N) is 1. The summed E-state index contributed by atoms with van der Waals surface area (Å²) < 4.78 is 6.01. The number of aryl methyl sites for hydroxylation is 1. The van der Waals surface area contributed by atoms with Crippen molar-refractivity contribution < 1.29 is 4.74 Å². The van der Waals surface area contributed by atoms with Crippen molar-refractivity contribution in [1.82, 2.24) is 9.97 Å². The highest BCUT2D eigenvalue weighted by Gasteiger charge is 2.13. The molecule has 1 heterocycles. The molecule has 0 unspecified atom stereocenters. The number of aromatic amines is 1. The van der Waals surface area contributed by atoms with Crippen molar-refractivity contribution in [3.8, 4) is 5.75 Å². The van der Waals surface area contributed by atoms with Gasteiger partial charge in [-0.1, -0.05) is 38.1 Å². The Balaban J connectivity index is 1.80. The number of rotatable bonds is 4. The number of nitrogens with zero attached hydrogens (tertiary/aromatic N) is 1. The van der Waals surface area contributed by atoms with E-state index in [2.05, 4.69) is 48.9 Å². The van der Waals surface area contributed by atoms with Gasteiger partial charge in [0.15, 0.2) is 6.10 Å². The molecule has 0 aliphatic rings. The second kappa shape index (κ2) is 5.84. The van der Waals surface area contributed by atoms with Gasteiger partial charge in [0.2, 0.25) is 0 Å². The lowest BCUT2D eigenvalue weighted by Gasteiger charge is -2.13. The number of imidazole rings is 1. The van der Waals surface area contributed by atoms with E-state index < -0.39 is 0 Å². The Morgan fingerprint density at radius 3 is 2.36 bits per heavy atom. The van der Waals surface area contributed by atoms with Gasteiger partial charge < -0.3 is 9.72 Å². The lowest BCUT2D eigenvalue weighted by molar-refractivity contribution is 0.218. The SMILES string of the molecule is Cc1cccc2[nH]c([C@@H](C)Oc3ccc(C(C)C)cc3)nc12. The molecule has 3 aromatic rings. The summed E-state index contributed by atoms with van der Waals surface area (Å²) in [7, 11) is 0. The number of hydrogen-bond acceptors (Lipinski definition) is 2. The van der Waals surface area contributed by atoms with Gasteiger partial charge in [-0.05, 0) is 49.1 Å². The molecule has 1 N–H and O–H groups in total. The van der Waals surface area contributed by atoms with Crippen molar-refractivity contribution >= 4 is 11.0 Å². The number of benzene rings is 2. The average molecular weight is 294 g/mol. The highest BCUT2D eigenvalue weighted by molar-refractivity contribution is 5.78. The summed E-state index contributed by atoms with van der Waals surface area (Å²) in [5.74, 6) is 2.26. The van der Waals surface area contributed by atoms with Crippen LogP contribution in [0, 0.1) is 6.92 Å². The molecule has 3 rings (SSSR count). The third-order valence-corrected chi connectivity index (χ3v) is 3.98. The summed E-state index contributed by atoms with van der Waals surface area (Å²) in [6.45, 7) is 8.47. The topological polar surface area (TPSA) is 37.9 Å². The molecule has 0 bridgehead atoms. The molecule has 1 atom stereocenters. The van der Waals surface area contributed by atoms with Crippen molar-refractivity contribution in [2.24, 2.45) is 0 Å². The predicted octanol–water partition coefficient (Wildman–Crippen LogP) is 5.13. The molecule has 3 heteroatoms. The molecule has 0 spiro atoms. The standard InChI is InChI=1S/C19H22N2O/c1-12(2)15-8-10-16(11-9-15)22-14(4)19-20-17-7-5-6-13(3)18(17)21-19/h5-12,14H,1-4H3,(H,20,21)/t14-/m1/s1. The zero-order chi connectivity index (χ0) is 15.7. The maximum Gasteiger partial charge on any atom is 0.153 e. The van der Waals surface area contributed by atoms with Crippen LogP contribution >= 0.6 is 0 Å². The molecule has 0 amide bonds. The first-order valence-corrected chi connectivity index (χ1v) is 7.76. The molecule has 0 fully saturated rings. The minimum absolute atomic E-state index is 0.114. The van der Waals surface area contributed by atoms with Crippen molar-refractivity contribution in [1.29, 1.82) is 0 Å². The molecular weight excluding hydrogens is 272 g/mol. The van der Waals surface area contributed by atoms with Gasteiger partial charge in [0.1, 0.15) is 11.6 Å². The molecular formula is C19H22N2O. The van der Waals surface area contributed by atoms with E-state index in [9.17, 15) is 0 Å². The summed E-state index contributed by atoms with van der Waals surface area (Å²) in [4.78, 5) is 8.02. The Morgan fingerprint density at radius 1 is 1.00 bits per heavy atom. The maximum atomic E-state index is 6.01. The normalized spacial score (nSPS) is 12.8. The quantitative estimate of drug-likeness (QED) is 0.724. The first kappa shape index (κ1) is 14.6. The van der Waals surface area contributed by atoms with Crippen LogP contribution in [0.4, 0.5) is 0 Å². The molecule has 114 valence electrons. The summed E-state index contributed by atoms with van der Waals surface area (Å²) in [5.41, 5.74) is 4.57. The highest BCUT2D eigenvalue weighted by atomic mass is 16.5. The maximum absolute atomic E-state index is 6.01. The van der Waals surface area contributed by atoms with E-state index in [0.717, 1.165) is 22.6 Å². The average Bonchev–Trinajstić information content (AvgIpc) is 2.93. The van der Waals surface area contributed by atoms with Gasteiger partial charge in [-0.15, -0.1) is 0 Å². The van der Waals surface area contributed by atoms with E-state index in [1.54, 1.807) is 0 Å². The van der Waals surface area contributed by atoms with E-state index in [4.69, 9.17) is 4.74 Å². The molecule has 0 aliphatic heterocycles. The van der Waals surface area contributed by atoms with E-state index in [-0.39, 0.29) is 6.10 Å². The molecule has 3 nitrogen and oxygen atoms in total. The number of para-hydroxylation sites is 1. The van der Waals surface area contributed by atoms with E-state index in [0.29, 0.717) is 5.92 Å². The van der Waals surface area contributed by atoms with Gasteiger partial charge in [0.05, 0.1) is 11.0 Å². The molecule has 2 aromatic carbocycles. The fourth-order valence-electron chi connectivity index (χ4n) is 2.58. The second-order valence-corrected chi connectivity index (χ2v) is 6.08. The van der Waals surface area contributed by atoms with Crippen LogP contribution in [0.25, 0.3) is 11.0 Å². The third kappa shape index (κ3) is 2.84. The zero-order valence-electron chi connectivity index (χ0n) is 13.6. The largest absolute Gasteiger partial charge is 0.483 e. The van der Waals surface area contributed by atoms with Crippen molar-refractivity contribution in [2.75, 3.05) is 0 Å². The van der Waals surface area contributed by atoms with Gasteiger partial charge in [-0.25, -0.2) is 4.98 Å². The van der Waals surface area contributed by atoms with Crippen molar-refractivity contribution in [3.63, 3.8) is 0 Å². The van der Waals surface area contributed by atoms with Crippen LogP contribution in [0.2, 0.25) is 0 Å². The van der Waals surface area contributed by atoms with Crippen LogP contribution < -0.4 is 4.74 Å². The molecule has 0 saturated carbocycles. The fourth-order valence-corrected chi connectivity index (χ4v) is 2.58.